The second-order valence-corrected chi connectivity index (χ2v) is 5.68. The second-order valence-electron chi connectivity index (χ2n) is 5.68. The van der Waals surface area contributed by atoms with E-state index in [0.717, 1.165) is 10.9 Å². The Morgan fingerprint density at radius 1 is 1.12 bits per heavy atom. The molecule has 26 heavy (non-hydrogen) atoms. The Bertz CT molecular complexity index is 1020. The number of aryl methyl sites for hydroxylation is 1. The van der Waals surface area contributed by atoms with Crippen LogP contribution in [0.1, 0.15) is 18.1 Å². The van der Waals surface area contributed by atoms with E-state index in [0.29, 0.717) is 29.3 Å². The van der Waals surface area contributed by atoms with Gasteiger partial charge in [0.05, 0.1) is 17.6 Å². The lowest BCUT2D eigenvalue weighted by atomic mass is 10.1. The van der Waals surface area contributed by atoms with Crippen LogP contribution >= 0.6 is 0 Å². The summed E-state index contributed by atoms with van der Waals surface area (Å²) in [6.07, 6.45) is 0. The van der Waals surface area contributed by atoms with E-state index >= 15 is 0 Å². The third-order valence-electron chi connectivity index (χ3n) is 3.88. The van der Waals surface area contributed by atoms with Gasteiger partial charge in [-0.2, -0.15) is 0 Å². The van der Waals surface area contributed by atoms with Gasteiger partial charge in [-0.15, -0.1) is 0 Å². The van der Waals surface area contributed by atoms with Gasteiger partial charge in [0.15, 0.2) is 0 Å². The van der Waals surface area contributed by atoms with Crippen molar-refractivity contribution in [2.75, 3.05) is 6.61 Å². The number of nitrogens with zero attached hydrogens (tertiary/aromatic N) is 1. The molecule has 0 saturated heterocycles. The molecular formula is C19H17NO6. The molecule has 0 aliphatic carbocycles. The van der Waals surface area contributed by atoms with Crippen molar-refractivity contribution < 1.29 is 18.8 Å². The molecule has 2 aromatic carbocycles. The van der Waals surface area contributed by atoms with Crippen molar-refractivity contribution in [2.45, 2.75) is 20.5 Å². The van der Waals surface area contributed by atoms with Crippen molar-refractivity contribution >= 4 is 16.7 Å². The number of ether oxygens (including phenoxy) is 2. The number of fused-ring (bicyclic) bond motifs is 1. The fourth-order valence-electron chi connectivity index (χ4n) is 2.62. The molecule has 0 saturated carbocycles. The van der Waals surface area contributed by atoms with Crippen LogP contribution in [0.25, 0.3) is 11.0 Å². The van der Waals surface area contributed by atoms with Gasteiger partial charge in [-0.3, -0.25) is 10.1 Å². The Morgan fingerprint density at radius 3 is 2.65 bits per heavy atom. The molecule has 0 aliphatic rings. The topological polar surface area (TPSA) is 91.8 Å². The third kappa shape index (κ3) is 3.66. The smallest absolute Gasteiger partial charge is 0.336 e. The van der Waals surface area contributed by atoms with Gasteiger partial charge in [0, 0.05) is 29.1 Å². The van der Waals surface area contributed by atoms with Crippen molar-refractivity contribution in [1.29, 1.82) is 0 Å². The van der Waals surface area contributed by atoms with E-state index in [1.807, 2.05) is 13.0 Å². The largest absolute Gasteiger partial charge is 0.493 e. The minimum atomic E-state index is -0.471. The zero-order chi connectivity index (χ0) is 18.7. The summed E-state index contributed by atoms with van der Waals surface area (Å²) in [5.41, 5.74) is 1.50. The van der Waals surface area contributed by atoms with E-state index in [9.17, 15) is 14.9 Å². The highest BCUT2D eigenvalue weighted by molar-refractivity contribution is 5.81. The fourth-order valence-corrected chi connectivity index (χ4v) is 2.62. The Labute approximate surface area is 148 Å². The van der Waals surface area contributed by atoms with Gasteiger partial charge in [-0.25, -0.2) is 4.79 Å². The molecule has 0 aliphatic heterocycles. The van der Waals surface area contributed by atoms with Gasteiger partial charge >= 0.3 is 5.63 Å². The van der Waals surface area contributed by atoms with Crippen LogP contribution in [0.15, 0.2) is 51.7 Å². The first-order valence-corrected chi connectivity index (χ1v) is 8.05. The SMILES string of the molecule is CCOc1cc([N+](=O)[O-])ccc1COc1ccc2c(C)cc(=O)oc2c1. The van der Waals surface area contributed by atoms with E-state index in [2.05, 4.69) is 0 Å². The highest BCUT2D eigenvalue weighted by atomic mass is 16.6. The van der Waals surface area contributed by atoms with Crippen molar-refractivity contribution in [1.82, 2.24) is 0 Å². The molecule has 1 heterocycles. The van der Waals surface area contributed by atoms with Gasteiger partial charge in [0.2, 0.25) is 0 Å². The van der Waals surface area contributed by atoms with Gasteiger partial charge in [-0.1, -0.05) is 0 Å². The number of nitro benzene ring substituents is 1. The average Bonchev–Trinajstić information content (AvgIpc) is 2.60. The molecule has 0 N–H and O–H groups in total. The summed E-state index contributed by atoms with van der Waals surface area (Å²) in [6.45, 7) is 4.19. The first-order valence-electron chi connectivity index (χ1n) is 8.05. The van der Waals surface area contributed by atoms with Crippen molar-refractivity contribution in [2.24, 2.45) is 0 Å². The fraction of sp³-hybridized carbons (Fsp3) is 0.211. The summed E-state index contributed by atoms with van der Waals surface area (Å²) >= 11 is 0. The van der Waals surface area contributed by atoms with Gasteiger partial charge in [-0.05, 0) is 37.6 Å². The van der Waals surface area contributed by atoms with Crippen molar-refractivity contribution in [3.63, 3.8) is 0 Å². The number of non-ortho nitro benzene ring substituents is 1. The Balaban J connectivity index is 1.85. The molecule has 3 aromatic rings. The highest BCUT2D eigenvalue weighted by Gasteiger charge is 2.13. The molecular weight excluding hydrogens is 338 g/mol. The summed E-state index contributed by atoms with van der Waals surface area (Å²) in [5, 5.41) is 11.7. The second kappa shape index (κ2) is 7.26. The van der Waals surface area contributed by atoms with Crippen molar-refractivity contribution in [3.8, 4) is 11.5 Å². The number of rotatable bonds is 6. The minimum absolute atomic E-state index is 0.0415. The van der Waals surface area contributed by atoms with Crippen LogP contribution in [0.3, 0.4) is 0 Å². The summed E-state index contributed by atoms with van der Waals surface area (Å²) < 4.78 is 16.4. The molecule has 0 amide bonds. The number of benzene rings is 2. The molecule has 7 heteroatoms. The third-order valence-corrected chi connectivity index (χ3v) is 3.88. The normalized spacial score (nSPS) is 10.7. The van der Waals surface area contributed by atoms with E-state index < -0.39 is 10.5 Å². The maximum absolute atomic E-state index is 11.5. The van der Waals surface area contributed by atoms with Gasteiger partial charge < -0.3 is 13.9 Å². The van der Waals surface area contributed by atoms with Crippen LogP contribution in [-0.2, 0) is 6.61 Å². The van der Waals surface area contributed by atoms with Crippen LogP contribution in [0.5, 0.6) is 11.5 Å². The molecule has 0 fully saturated rings. The highest BCUT2D eigenvalue weighted by Crippen LogP contribution is 2.27. The van der Waals surface area contributed by atoms with Gasteiger partial charge in [0.1, 0.15) is 23.7 Å². The van der Waals surface area contributed by atoms with E-state index in [-0.39, 0.29) is 12.3 Å². The van der Waals surface area contributed by atoms with Crippen LogP contribution in [0.4, 0.5) is 5.69 Å². The lowest BCUT2D eigenvalue weighted by Crippen LogP contribution is -2.02. The maximum Gasteiger partial charge on any atom is 0.336 e. The lowest BCUT2D eigenvalue weighted by Gasteiger charge is -2.12. The molecule has 7 nitrogen and oxygen atoms in total. The molecule has 134 valence electrons. The van der Waals surface area contributed by atoms with Crippen molar-refractivity contribution in [3.05, 3.63) is 74.1 Å². The molecule has 0 atom stereocenters. The van der Waals surface area contributed by atoms with Gasteiger partial charge in [0.25, 0.3) is 5.69 Å². The Kier molecular flexibility index (Phi) is 4.88. The Hall–Kier alpha value is -3.35. The van der Waals surface area contributed by atoms with Crippen LogP contribution in [-0.4, -0.2) is 11.5 Å². The lowest BCUT2D eigenvalue weighted by molar-refractivity contribution is -0.385. The predicted molar refractivity (Wildman–Crippen MR) is 95.8 cm³/mol. The first-order chi connectivity index (χ1) is 12.5. The van der Waals surface area contributed by atoms with E-state index in [4.69, 9.17) is 13.9 Å². The molecule has 3 rings (SSSR count). The van der Waals surface area contributed by atoms with E-state index in [1.54, 1.807) is 25.1 Å². The molecule has 0 radical (unpaired) electrons. The molecule has 0 bridgehead atoms. The summed E-state index contributed by atoms with van der Waals surface area (Å²) in [5.74, 6) is 0.928. The monoisotopic (exact) mass is 355 g/mol. The van der Waals surface area contributed by atoms with Crippen LogP contribution in [0, 0.1) is 17.0 Å². The minimum Gasteiger partial charge on any atom is -0.493 e. The van der Waals surface area contributed by atoms with Crippen LogP contribution in [0.2, 0.25) is 0 Å². The standard InChI is InChI=1S/C19H17NO6/c1-3-24-17-9-14(20(22)23)5-4-13(17)11-25-15-6-7-16-12(2)8-19(21)26-18(16)10-15/h4-10H,3,11H2,1-2H3. The van der Waals surface area contributed by atoms with Crippen LogP contribution < -0.4 is 15.1 Å². The Morgan fingerprint density at radius 2 is 1.92 bits per heavy atom. The van der Waals surface area contributed by atoms with E-state index in [1.165, 1.54) is 18.2 Å². The zero-order valence-corrected chi connectivity index (χ0v) is 14.4. The molecule has 1 aromatic heterocycles. The summed E-state index contributed by atoms with van der Waals surface area (Å²) in [7, 11) is 0. The zero-order valence-electron chi connectivity index (χ0n) is 14.4. The number of nitro groups is 1. The number of hydrogen-bond donors (Lipinski definition) is 0. The molecule has 0 unspecified atom stereocenters. The average molecular weight is 355 g/mol. The maximum atomic E-state index is 11.5. The quantitative estimate of drug-likeness (QED) is 0.377. The summed E-state index contributed by atoms with van der Waals surface area (Å²) in [4.78, 5) is 22.0. The molecule has 0 spiro atoms. The summed E-state index contributed by atoms with van der Waals surface area (Å²) in [6, 6.07) is 11.1. The predicted octanol–water partition coefficient (Wildman–Crippen LogP) is 3.99. The first kappa shape index (κ1) is 17.5. The number of hydrogen-bond acceptors (Lipinski definition) is 6.